The molecule has 0 amide bonds. The maximum Gasteiger partial charge on any atom is -0.0380 e. The van der Waals surface area contributed by atoms with E-state index in [4.69, 9.17) is 0 Å². The molecule has 0 heterocycles. The van der Waals surface area contributed by atoms with Gasteiger partial charge in [-0.05, 0) is 30.1 Å². The summed E-state index contributed by atoms with van der Waals surface area (Å²) in [4.78, 5) is 0. The van der Waals surface area contributed by atoms with Gasteiger partial charge < -0.3 is 0 Å². The minimum absolute atomic E-state index is 0.550. The SMILES string of the molecule is CC1CCC(CC(C)(C)C)C1. The molecule has 0 N–H and O–H groups in total. The fourth-order valence-electron chi connectivity index (χ4n) is 2.38. The van der Waals surface area contributed by atoms with Gasteiger partial charge in [0.2, 0.25) is 0 Å². The number of rotatable bonds is 1. The fourth-order valence-corrected chi connectivity index (χ4v) is 2.38. The van der Waals surface area contributed by atoms with Gasteiger partial charge in [-0.3, -0.25) is 0 Å². The molecule has 0 nitrogen and oxygen atoms in total. The second kappa shape index (κ2) is 3.16. The van der Waals surface area contributed by atoms with Crippen LogP contribution in [0.1, 0.15) is 53.4 Å². The van der Waals surface area contributed by atoms with Crippen LogP contribution in [0.15, 0.2) is 0 Å². The normalized spacial score (nSPS) is 32.7. The molecule has 0 aromatic heterocycles. The minimum atomic E-state index is 0.550. The number of hydrogen-bond donors (Lipinski definition) is 0. The summed E-state index contributed by atoms with van der Waals surface area (Å²) in [6.45, 7) is 9.46. The molecule has 1 rings (SSSR count). The average molecular weight is 154 g/mol. The summed E-state index contributed by atoms with van der Waals surface area (Å²) in [5.74, 6) is 2.03. The summed E-state index contributed by atoms with van der Waals surface area (Å²) in [5, 5.41) is 0. The Kier molecular flexibility index (Phi) is 2.61. The lowest BCUT2D eigenvalue weighted by molar-refractivity contribution is 0.293. The van der Waals surface area contributed by atoms with Crippen LogP contribution < -0.4 is 0 Å². The van der Waals surface area contributed by atoms with Crippen molar-refractivity contribution in [3.05, 3.63) is 0 Å². The molecule has 1 aliphatic rings. The van der Waals surface area contributed by atoms with E-state index in [1.54, 1.807) is 0 Å². The van der Waals surface area contributed by atoms with Crippen molar-refractivity contribution >= 4 is 0 Å². The highest BCUT2D eigenvalue weighted by Crippen LogP contribution is 2.37. The molecule has 0 aromatic carbocycles. The highest BCUT2D eigenvalue weighted by molar-refractivity contribution is 4.77. The quantitative estimate of drug-likeness (QED) is 0.538. The monoisotopic (exact) mass is 154 g/mol. The van der Waals surface area contributed by atoms with Crippen LogP contribution in [0.4, 0.5) is 0 Å². The van der Waals surface area contributed by atoms with Crippen LogP contribution in [0, 0.1) is 17.3 Å². The van der Waals surface area contributed by atoms with Crippen molar-refractivity contribution < 1.29 is 0 Å². The summed E-state index contributed by atoms with van der Waals surface area (Å²) in [6, 6.07) is 0. The van der Waals surface area contributed by atoms with Crippen LogP contribution in [0.5, 0.6) is 0 Å². The highest BCUT2D eigenvalue weighted by Gasteiger charge is 2.25. The van der Waals surface area contributed by atoms with Gasteiger partial charge in [0.25, 0.3) is 0 Å². The van der Waals surface area contributed by atoms with E-state index in [0.717, 1.165) is 11.8 Å². The third-order valence-electron chi connectivity index (χ3n) is 2.70. The van der Waals surface area contributed by atoms with E-state index >= 15 is 0 Å². The lowest BCUT2D eigenvalue weighted by Gasteiger charge is -2.22. The van der Waals surface area contributed by atoms with Crippen molar-refractivity contribution in [3.8, 4) is 0 Å². The molecule has 0 bridgehead atoms. The smallest absolute Gasteiger partial charge is 0.0380 e. The van der Waals surface area contributed by atoms with Crippen LogP contribution >= 0.6 is 0 Å². The predicted octanol–water partition coefficient (Wildman–Crippen LogP) is 3.86. The molecule has 0 heteroatoms. The Labute approximate surface area is 71.4 Å². The van der Waals surface area contributed by atoms with Crippen LogP contribution in [0.3, 0.4) is 0 Å². The van der Waals surface area contributed by atoms with E-state index in [1.165, 1.54) is 25.7 Å². The maximum atomic E-state index is 2.39. The predicted molar refractivity (Wildman–Crippen MR) is 50.6 cm³/mol. The van der Waals surface area contributed by atoms with Crippen LogP contribution in [-0.4, -0.2) is 0 Å². The summed E-state index contributed by atoms with van der Waals surface area (Å²) < 4.78 is 0. The third kappa shape index (κ3) is 3.27. The Hall–Kier alpha value is 0. The topological polar surface area (TPSA) is 0 Å². The largest absolute Gasteiger partial charge is 0.0625 e. The summed E-state index contributed by atoms with van der Waals surface area (Å²) >= 11 is 0. The molecule has 2 atom stereocenters. The van der Waals surface area contributed by atoms with E-state index in [9.17, 15) is 0 Å². The van der Waals surface area contributed by atoms with E-state index in [1.807, 2.05) is 0 Å². The first-order chi connectivity index (χ1) is 4.97. The maximum absolute atomic E-state index is 2.39. The van der Waals surface area contributed by atoms with Crippen molar-refractivity contribution in [2.75, 3.05) is 0 Å². The van der Waals surface area contributed by atoms with Gasteiger partial charge in [-0.15, -0.1) is 0 Å². The van der Waals surface area contributed by atoms with Gasteiger partial charge in [-0.25, -0.2) is 0 Å². The molecule has 0 aliphatic heterocycles. The zero-order valence-corrected chi connectivity index (χ0v) is 8.48. The summed E-state index contributed by atoms with van der Waals surface area (Å²) in [5.41, 5.74) is 0.550. The molecular formula is C11H22. The molecule has 0 saturated heterocycles. The van der Waals surface area contributed by atoms with Gasteiger partial charge in [0, 0.05) is 0 Å². The van der Waals surface area contributed by atoms with E-state index in [0.29, 0.717) is 5.41 Å². The van der Waals surface area contributed by atoms with Crippen LogP contribution in [0.2, 0.25) is 0 Å². The van der Waals surface area contributed by atoms with Gasteiger partial charge in [0.1, 0.15) is 0 Å². The third-order valence-corrected chi connectivity index (χ3v) is 2.70. The van der Waals surface area contributed by atoms with Crippen molar-refractivity contribution in [1.82, 2.24) is 0 Å². The van der Waals surface area contributed by atoms with E-state index in [2.05, 4.69) is 27.7 Å². The molecule has 66 valence electrons. The molecule has 0 radical (unpaired) electrons. The second-order valence-electron chi connectivity index (χ2n) is 5.55. The molecule has 1 saturated carbocycles. The van der Waals surface area contributed by atoms with E-state index in [-0.39, 0.29) is 0 Å². The Morgan fingerprint density at radius 2 is 1.82 bits per heavy atom. The Bertz CT molecular complexity index is 118. The Morgan fingerprint density at radius 3 is 2.18 bits per heavy atom. The minimum Gasteiger partial charge on any atom is -0.0625 e. The standard InChI is InChI=1S/C11H22/c1-9-5-6-10(7-9)8-11(2,3)4/h9-10H,5-8H2,1-4H3. The highest BCUT2D eigenvalue weighted by atomic mass is 14.3. The van der Waals surface area contributed by atoms with Crippen molar-refractivity contribution in [2.45, 2.75) is 53.4 Å². The molecular weight excluding hydrogens is 132 g/mol. The van der Waals surface area contributed by atoms with Crippen molar-refractivity contribution in [3.63, 3.8) is 0 Å². The zero-order valence-electron chi connectivity index (χ0n) is 8.48. The Morgan fingerprint density at radius 1 is 1.18 bits per heavy atom. The Balaban J connectivity index is 2.29. The first-order valence-corrected chi connectivity index (χ1v) is 4.97. The second-order valence-corrected chi connectivity index (χ2v) is 5.55. The van der Waals surface area contributed by atoms with Crippen LogP contribution in [0.25, 0.3) is 0 Å². The lowest BCUT2D eigenvalue weighted by Crippen LogP contribution is -2.10. The van der Waals surface area contributed by atoms with Gasteiger partial charge >= 0.3 is 0 Å². The van der Waals surface area contributed by atoms with Gasteiger partial charge in [0.05, 0.1) is 0 Å². The number of hydrogen-bond acceptors (Lipinski definition) is 0. The molecule has 2 unspecified atom stereocenters. The van der Waals surface area contributed by atoms with Crippen molar-refractivity contribution in [2.24, 2.45) is 17.3 Å². The van der Waals surface area contributed by atoms with Crippen molar-refractivity contribution in [1.29, 1.82) is 0 Å². The molecule has 0 spiro atoms. The summed E-state index contributed by atoms with van der Waals surface area (Å²) in [7, 11) is 0. The lowest BCUT2D eigenvalue weighted by atomic mass is 9.84. The van der Waals surface area contributed by atoms with E-state index < -0.39 is 0 Å². The summed E-state index contributed by atoms with van der Waals surface area (Å²) in [6.07, 6.45) is 5.87. The molecule has 11 heavy (non-hydrogen) atoms. The first-order valence-electron chi connectivity index (χ1n) is 4.97. The van der Waals surface area contributed by atoms with Gasteiger partial charge in [-0.1, -0.05) is 40.5 Å². The van der Waals surface area contributed by atoms with Gasteiger partial charge in [-0.2, -0.15) is 0 Å². The van der Waals surface area contributed by atoms with Gasteiger partial charge in [0.15, 0.2) is 0 Å². The molecule has 1 fully saturated rings. The zero-order chi connectivity index (χ0) is 8.48. The molecule has 0 aromatic rings. The first kappa shape index (κ1) is 9.09. The average Bonchev–Trinajstić information content (AvgIpc) is 2.10. The molecule has 1 aliphatic carbocycles. The van der Waals surface area contributed by atoms with Crippen LogP contribution in [-0.2, 0) is 0 Å². The fraction of sp³-hybridized carbons (Fsp3) is 1.00.